The molecule has 9 nitrogen and oxygen atoms in total. The number of H-pyrrole nitrogens is 1. The third kappa shape index (κ3) is 13.5. The van der Waals surface area contributed by atoms with Gasteiger partial charge < -0.3 is 37.4 Å². The van der Waals surface area contributed by atoms with Crippen LogP contribution in [0.25, 0.3) is 11.4 Å². The standard InChI is InChI=1S/C30H43N6O3/c1-22(21-37)12-16-26(31)10-5-9-24(14-13-23-7-3-2-4-8-23)15-17-27(36-28-11-6-18-34-28)25(19-29(38)39)20-35-30(32)33/h2-4,6-8,11,13-14,18-19,21-22,24,26-27,34H,5,9-10,12,15-17,20,31H2,1H3,(H,38,39)(H4,32,33,35)/q-1. The van der Waals surface area contributed by atoms with Gasteiger partial charge in [-0.1, -0.05) is 80.0 Å². The van der Waals surface area contributed by atoms with Crippen molar-refractivity contribution in [2.75, 3.05) is 6.54 Å². The zero-order valence-corrected chi connectivity index (χ0v) is 22.8. The molecule has 0 spiro atoms. The summed E-state index contributed by atoms with van der Waals surface area (Å²) in [6.45, 7) is 1.97. The fraction of sp³-hybridized carbons (Fsp3) is 0.433. The van der Waals surface area contributed by atoms with E-state index in [4.69, 9.17) is 22.5 Å². The third-order valence-corrected chi connectivity index (χ3v) is 6.60. The number of carbonyl (C=O) groups excluding carboxylic acids is 1. The minimum atomic E-state index is -1.07. The van der Waals surface area contributed by atoms with E-state index in [1.807, 2.05) is 37.3 Å². The Balaban J connectivity index is 2.15. The summed E-state index contributed by atoms with van der Waals surface area (Å²) in [6, 6.07) is 13.4. The molecule has 0 radical (unpaired) electrons. The van der Waals surface area contributed by atoms with Gasteiger partial charge in [0.25, 0.3) is 0 Å². The fourth-order valence-electron chi connectivity index (χ4n) is 4.34. The molecule has 0 fully saturated rings. The van der Waals surface area contributed by atoms with Crippen LogP contribution < -0.4 is 17.2 Å². The molecule has 4 atom stereocenters. The molecule has 9 heteroatoms. The SMILES string of the molecule is CC(C=O)CCC(N)CCCC(C=Cc1ccccc1)CCC([N-]c1ccc[nH]1)C(=CC(=O)O)CN=C(N)N. The van der Waals surface area contributed by atoms with E-state index in [0.29, 0.717) is 17.8 Å². The van der Waals surface area contributed by atoms with E-state index in [-0.39, 0.29) is 30.4 Å². The van der Waals surface area contributed by atoms with E-state index in [9.17, 15) is 14.7 Å². The number of aldehydes is 1. The number of benzene rings is 1. The first-order chi connectivity index (χ1) is 18.8. The monoisotopic (exact) mass is 535 g/mol. The quantitative estimate of drug-likeness (QED) is 0.0740. The maximum atomic E-state index is 11.6. The summed E-state index contributed by atoms with van der Waals surface area (Å²) in [5, 5.41) is 14.3. The van der Waals surface area contributed by atoms with Gasteiger partial charge in [-0.2, -0.15) is 0 Å². The molecule has 4 unspecified atom stereocenters. The summed E-state index contributed by atoms with van der Waals surface area (Å²) in [5.74, 6) is -0.243. The second-order valence-electron chi connectivity index (χ2n) is 9.99. The van der Waals surface area contributed by atoms with E-state index in [1.54, 1.807) is 6.20 Å². The molecule has 39 heavy (non-hydrogen) atoms. The van der Waals surface area contributed by atoms with Crippen molar-refractivity contribution in [1.82, 2.24) is 4.98 Å². The van der Waals surface area contributed by atoms with Gasteiger partial charge >= 0.3 is 5.97 Å². The lowest BCUT2D eigenvalue weighted by atomic mass is 9.90. The van der Waals surface area contributed by atoms with Crippen molar-refractivity contribution < 1.29 is 14.7 Å². The Bertz CT molecular complexity index is 1060. The lowest BCUT2D eigenvalue weighted by molar-refractivity contribution is -0.131. The number of nitrogens with one attached hydrogen (secondary N) is 1. The van der Waals surface area contributed by atoms with Gasteiger partial charge in [0.1, 0.15) is 6.29 Å². The number of aliphatic carboxylic acids is 1. The van der Waals surface area contributed by atoms with E-state index in [1.165, 1.54) is 0 Å². The number of guanidine groups is 1. The van der Waals surface area contributed by atoms with Gasteiger partial charge in [-0.15, -0.1) is 0 Å². The molecular weight excluding hydrogens is 492 g/mol. The average Bonchev–Trinajstić information content (AvgIpc) is 3.43. The number of nitrogens with zero attached hydrogens (tertiary/aromatic N) is 2. The predicted octanol–water partition coefficient (Wildman–Crippen LogP) is 4.90. The van der Waals surface area contributed by atoms with Gasteiger partial charge in [-0.25, -0.2) is 9.79 Å². The number of aromatic nitrogens is 1. The van der Waals surface area contributed by atoms with Crippen LogP contribution in [0.15, 0.2) is 71.4 Å². The molecule has 0 bridgehead atoms. The topological polar surface area (TPSA) is 175 Å². The van der Waals surface area contributed by atoms with Gasteiger partial charge in [0, 0.05) is 18.0 Å². The molecule has 1 aromatic heterocycles. The Morgan fingerprint density at radius 3 is 2.46 bits per heavy atom. The van der Waals surface area contributed by atoms with E-state index in [0.717, 1.165) is 56.5 Å². The molecule has 0 saturated carbocycles. The van der Waals surface area contributed by atoms with Crippen LogP contribution in [0.2, 0.25) is 0 Å². The highest BCUT2D eigenvalue weighted by Gasteiger charge is 2.16. The number of allylic oxidation sites excluding steroid dienone is 1. The van der Waals surface area contributed by atoms with Crippen LogP contribution in [0.5, 0.6) is 0 Å². The van der Waals surface area contributed by atoms with Crippen LogP contribution in [-0.2, 0) is 9.59 Å². The molecular formula is C30H43N6O3-. The molecule has 2 aromatic rings. The van der Waals surface area contributed by atoms with Crippen LogP contribution in [0.4, 0.5) is 5.82 Å². The van der Waals surface area contributed by atoms with Gasteiger partial charge in [-0.05, 0) is 61.6 Å². The highest BCUT2D eigenvalue weighted by molar-refractivity contribution is 5.81. The number of aromatic amines is 1. The van der Waals surface area contributed by atoms with Gasteiger partial charge in [0.2, 0.25) is 0 Å². The van der Waals surface area contributed by atoms with Crippen molar-refractivity contribution in [3.05, 3.63) is 77.3 Å². The van der Waals surface area contributed by atoms with E-state index >= 15 is 0 Å². The van der Waals surface area contributed by atoms with Crippen LogP contribution >= 0.6 is 0 Å². The van der Waals surface area contributed by atoms with Crippen molar-refractivity contribution in [1.29, 1.82) is 0 Å². The molecule has 212 valence electrons. The molecule has 0 aliphatic rings. The van der Waals surface area contributed by atoms with Crippen molar-refractivity contribution in [2.45, 2.75) is 64.0 Å². The van der Waals surface area contributed by atoms with Gasteiger partial charge in [0.05, 0.1) is 6.54 Å². The van der Waals surface area contributed by atoms with Crippen LogP contribution in [0, 0.1) is 11.8 Å². The van der Waals surface area contributed by atoms with Gasteiger partial charge in [0.15, 0.2) is 5.96 Å². The smallest absolute Gasteiger partial charge is 0.328 e. The summed E-state index contributed by atoms with van der Waals surface area (Å²) in [4.78, 5) is 29.6. The first kappa shape index (κ1) is 31.4. The lowest BCUT2D eigenvalue weighted by Gasteiger charge is -2.28. The maximum Gasteiger partial charge on any atom is 0.328 e. The summed E-state index contributed by atoms with van der Waals surface area (Å²) >= 11 is 0. The Morgan fingerprint density at radius 1 is 1.05 bits per heavy atom. The largest absolute Gasteiger partial charge is 0.478 e. The summed E-state index contributed by atoms with van der Waals surface area (Å²) < 4.78 is 0. The number of aliphatic imine (C=N–C) groups is 1. The number of carbonyl (C=O) groups is 2. The second-order valence-corrected chi connectivity index (χ2v) is 9.99. The van der Waals surface area contributed by atoms with Crippen LogP contribution in [-0.4, -0.2) is 46.9 Å². The number of nitrogens with two attached hydrogens (primary N) is 3. The fourth-order valence-corrected chi connectivity index (χ4v) is 4.34. The molecule has 0 amide bonds. The maximum absolute atomic E-state index is 11.6. The average molecular weight is 536 g/mol. The highest BCUT2D eigenvalue weighted by atomic mass is 16.4. The van der Waals surface area contributed by atoms with Crippen LogP contribution in [0.1, 0.15) is 57.4 Å². The van der Waals surface area contributed by atoms with Gasteiger partial charge in [-0.3, -0.25) is 0 Å². The molecule has 0 aliphatic heterocycles. The Kier molecular flexibility index (Phi) is 14.2. The molecule has 8 N–H and O–H groups in total. The number of hydrogen-bond acceptors (Lipinski definition) is 4. The summed E-state index contributed by atoms with van der Waals surface area (Å²) in [6.07, 6.45) is 14.0. The normalized spacial score (nSPS) is 14.9. The minimum absolute atomic E-state index is 0.0324. The third-order valence-electron chi connectivity index (χ3n) is 6.60. The number of rotatable bonds is 19. The summed E-state index contributed by atoms with van der Waals surface area (Å²) in [5.41, 5.74) is 19.0. The van der Waals surface area contributed by atoms with E-state index in [2.05, 4.69) is 34.3 Å². The minimum Gasteiger partial charge on any atom is -0.478 e. The van der Waals surface area contributed by atoms with Crippen molar-refractivity contribution in [2.24, 2.45) is 34.0 Å². The number of hydrogen-bond donors (Lipinski definition) is 5. The molecule has 1 aromatic carbocycles. The molecule has 0 saturated heterocycles. The lowest BCUT2D eigenvalue weighted by Crippen LogP contribution is -2.24. The van der Waals surface area contributed by atoms with E-state index < -0.39 is 12.0 Å². The number of carboxylic acids is 1. The Hall–Kier alpha value is -3.85. The van der Waals surface area contributed by atoms with Crippen molar-refractivity contribution in [3.8, 4) is 0 Å². The predicted molar refractivity (Wildman–Crippen MR) is 158 cm³/mol. The van der Waals surface area contributed by atoms with Crippen LogP contribution in [0.3, 0.4) is 0 Å². The first-order valence-corrected chi connectivity index (χ1v) is 13.5. The molecule has 2 rings (SSSR count). The second kappa shape index (κ2) is 17.6. The molecule has 1 heterocycles. The Morgan fingerprint density at radius 2 is 1.82 bits per heavy atom. The van der Waals surface area contributed by atoms with Crippen molar-refractivity contribution in [3.63, 3.8) is 0 Å². The Labute approximate surface area is 231 Å². The zero-order valence-electron chi connectivity index (χ0n) is 22.8. The highest BCUT2D eigenvalue weighted by Crippen LogP contribution is 2.30. The molecule has 0 aliphatic carbocycles. The first-order valence-electron chi connectivity index (χ1n) is 13.5. The zero-order chi connectivity index (χ0) is 28.5. The number of carboxylic acid groups (broad SMARTS) is 1. The summed E-state index contributed by atoms with van der Waals surface area (Å²) in [7, 11) is 0. The van der Waals surface area contributed by atoms with Crippen molar-refractivity contribution >= 4 is 30.1 Å².